The first-order chi connectivity index (χ1) is 10.7. The second kappa shape index (κ2) is 4.79. The Bertz CT molecular complexity index is 799. The van der Waals surface area contributed by atoms with Crippen molar-refractivity contribution >= 4 is 16.9 Å². The van der Waals surface area contributed by atoms with Crippen LogP contribution in [0.1, 0.15) is 24.1 Å². The van der Waals surface area contributed by atoms with Crippen LogP contribution in [0.2, 0.25) is 0 Å². The summed E-state index contributed by atoms with van der Waals surface area (Å²) in [6.07, 6.45) is 3.70. The average Bonchev–Trinajstić information content (AvgIpc) is 3.21. The fourth-order valence-corrected chi connectivity index (χ4v) is 3.32. The van der Waals surface area contributed by atoms with E-state index in [0.717, 1.165) is 11.1 Å². The van der Waals surface area contributed by atoms with E-state index in [9.17, 15) is 10.2 Å². The van der Waals surface area contributed by atoms with Gasteiger partial charge >= 0.3 is 0 Å². The van der Waals surface area contributed by atoms with Crippen molar-refractivity contribution in [3.8, 4) is 0 Å². The fraction of sp³-hybridized carbons (Fsp3) is 0.357. The first kappa shape index (κ1) is 13.2. The van der Waals surface area contributed by atoms with E-state index in [1.807, 2.05) is 22.9 Å². The van der Waals surface area contributed by atoms with Gasteiger partial charge in [0.05, 0.1) is 17.5 Å². The Hall–Kier alpha value is -2.45. The zero-order valence-electron chi connectivity index (χ0n) is 11.7. The van der Waals surface area contributed by atoms with Gasteiger partial charge in [0.25, 0.3) is 0 Å². The average molecular weight is 300 g/mol. The van der Waals surface area contributed by atoms with Crippen molar-refractivity contribution in [1.82, 2.24) is 24.7 Å². The molecule has 3 aromatic heterocycles. The molecule has 0 spiro atoms. The zero-order chi connectivity index (χ0) is 15.3. The smallest absolute Gasteiger partial charge is 0.145 e. The minimum absolute atomic E-state index is 0.195. The summed E-state index contributed by atoms with van der Waals surface area (Å²) in [5, 5.41) is 28.3. The third-order valence-corrected chi connectivity index (χ3v) is 4.47. The summed E-state index contributed by atoms with van der Waals surface area (Å²) in [6.45, 7) is 0. The number of hydrogen-bond acceptors (Lipinski definition) is 6. The van der Waals surface area contributed by atoms with Crippen molar-refractivity contribution in [2.24, 2.45) is 0 Å². The molecule has 8 nitrogen and oxygen atoms in total. The number of aliphatic hydroxyl groups is 2. The number of hydrogen-bond donors (Lipinski definition) is 4. The summed E-state index contributed by atoms with van der Waals surface area (Å²) >= 11 is 0. The predicted molar refractivity (Wildman–Crippen MR) is 78.9 cm³/mol. The minimum Gasteiger partial charge on any atom is -0.390 e. The van der Waals surface area contributed by atoms with Gasteiger partial charge in [-0.25, -0.2) is 9.97 Å². The molecule has 3 aromatic rings. The first-order valence-electron chi connectivity index (χ1n) is 7.09. The summed E-state index contributed by atoms with van der Waals surface area (Å²) in [5.74, 6) is 0.209. The highest BCUT2D eigenvalue weighted by Crippen LogP contribution is 2.42. The van der Waals surface area contributed by atoms with E-state index in [4.69, 9.17) is 5.73 Å². The van der Waals surface area contributed by atoms with Crippen molar-refractivity contribution in [3.05, 3.63) is 36.5 Å². The van der Waals surface area contributed by atoms with Crippen LogP contribution in [0.5, 0.6) is 0 Å². The number of fused-ring (bicyclic) bond motifs is 1. The van der Waals surface area contributed by atoms with Gasteiger partial charge in [-0.1, -0.05) is 0 Å². The molecule has 1 saturated carbocycles. The van der Waals surface area contributed by atoms with Gasteiger partial charge in [0.1, 0.15) is 23.9 Å². The Morgan fingerprint density at radius 3 is 2.86 bits per heavy atom. The number of rotatable bonds is 2. The van der Waals surface area contributed by atoms with Gasteiger partial charge in [0.15, 0.2) is 0 Å². The quantitative estimate of drug-likeness (QED) is 0.535. The van der Waals surface area contributed by atoms with Crippen LogP contribution < -0.4 is 5.73 Å². The Morgan fingerprint density at radius 1 is 1.23 bits per heavy atom. The maximum absolute atomic E-state index is 10.4. The molecule has 0 aromatic carbocycles. The van der Waals surface area contributed by atoms with Crippen LogP contribution in [0.4, 0.5) is 5.82 Å². The molecule has 1 fully saturated rings. The van der Waals surface area contributed by atoms with Crippen molar-refractivity contribution in [1.29, 1.82) is 0 Å². The highest BCUT2D eigenvalue weighted by Gasteiger charge is 2.44. The number of nitrogens with zero attached hydrogens (tertiary/aromatic N) is 4. The van der Waals surface area contributed by atoms with Gasteiger partial charge in [-0.15, -0.1) is 0 Å². The molecule has 4 atom stereocenters. The molecule has 0 aliphatic heterocycles. The van der Waals surface area contributed by atoms with E-state index in [2.05, 4.69) is 20.2 Å². The second-order valence-corrected chi connectivity index (χ2v) is 5.62. The predicted octanol–water partition coefficient (Wildman–Crippen LogP) is 0.187. The minimum atomic E-state index is -0.889. The number of nitrogens with two attached hydrogens (primary N) is 1. The maximum atomic E-state index is 10.4. The topological polar surface area (TPSA) is 126 Å². The van der Waals surface area contributed by atoms with Crippen LogP contribution in [-0.2, 0) is 0 Å². The first-order valence-corrected chi connectivity index (χ1v) is 7.09. The van der Waals surface area contributed by atoms with Crippen molar-refractivity contribution in [2.75, 3.05) is 5.73 Å². The van der Waals surface area contributed by atoms with Gasteiger partial charge in [-0.05, 0) is 18.6 Å². The lowest BCUT2D eigenvalue weighted by Gasteiger charge is -2.18. The Kier molecular flexibility index (Phi) is 2.88. The van der Waals surface area contributed by atoms with E-state index < -0.39 is 12.2 Å². The Balaban J connectivity index is 1.74. The van der Waals surface area contributed by atoms with Crippen LogP contribution in [0, 0.1) is 0 Å². The van der Waals surface area contributed by atoms with E-state index in [0.29, 0.717) is 17.9 Å². The summed E-state index contributed by atoms with van der Waals surface area (Å²) in [5.41, 5.74) is 7.33. The van der Waals surface area contributed by atoms with Crippen LogP contribution in [0.25, 0.3) is 11.0 Å². The summed E-state index contributed by atoms with van der Waals surface area (Å²) in [4.78, 5) is 8.22. The standard InChI is InChI=1S/C14H16N6O2/c15-13-7-2-4-20(14(7)17-6-16-13)10-5-8(11(21)12(10)22)9-1-3-18-19-9/h1-4,6,8,10-12,21-22H,5H2,(H,18,19)(H2,15,16,17)/t8-,10-,11-,12+/m1/s1. The monoisotopic (exact) mass is 300 g/mol. The van der Waals surface area contributed by atoms with Crippen LogP contribution >= 0.6 is 0 Å². The van der Waals surface area contributed by atoms with Gasteiger partial charge in [0, 0.05) is 24.0 Å². The molecular weight excluding hydrogens is 284 g/mol. The van der Waals surface area contributed by atoms with Gasteiger partial charge in [0.2, 0.25) is 0 Å². The zero-order valence-corrected chi connectivity index (χ0v) is 11.7. The molecule has 0 saturated heterocycles. The van der Waals surface area contributed by atoms with Gasteiger partial charge in [-0.3, -0.25) is 5.10 Å². The molecule has 114 valence electrons. The molecule has 5 N–H and O–H groups in total. The third-order valence-electron chi connectivity index (χ3n) is 4.47. The maximum Gasteiger partial charge on any atom is 0.145 e. The number of nitrogens with one attached hydrogen (secondary N) is 1. The van der Waals surface area contributed by atoms with Crippen molar-refractivity contribution < 1.29 is 10.2 Å². The number of aromatic nitrogens is 5. The normalized spacial score (nSPS) is 28.5. The number of aromatic amines is 1. The molecule has 0 radical (unpaired) electrons. The molecule has 0 amide bonds. The van der Waals surface area contributed by atoms with Crippen LogP contribution in [0.3, 0.4) is 0 Å². The third kappa shape index (κ3) is 1.81. The molecule has 3 heterocycles. The van der Waals surface area contributed by atoms with E-state index in [1.165, 1.54) is 6.33 Å². The van der Waals surface area contributed by atoms with Gasteiger partial charge < -0.3 is 20.5 Å². The molecule has 4 rings (SSSR count). The SMILES string of the molecule is Nc1ncnc2c1ccn2[C@@H]1C[C@H](c2ccn[nH]2)[C@@H](O)[C@H]1O. The fourth-order valence-electron chi connectivity index (χ4n) is 3.32. The van der Waals surface area contributed by atoms with E-state index in [-0.39, 0.29) is 12.0 Å². The molecule has 0 unspecified atom stereocenters. The van der Waals surface area contributed by atoms with Gasteiger partial charge in [-0.2, -0.15) is 5.10 Å². The lowest BCUT2D eigenvalue weighted by molar-refractivity contribution is 0.0174. The largest absolute Gasteiger partial charge is 0.390 e. The highest BCUT2D eigenvalue weighted by molar-refractivity contribution is 5.86. The molecule has 22 heavy (non-hydrogen) atoms. The Labute approximate surface area is 125 Å². The molecule has 8 heteroatoms. The highest BCUT2D eigenvalue weighted by atomic mass is 16.3. The van der Waals surface area contributed by atoms with E-state index in [1.54, 1.807) is 6.20 Å². The lowest BCUT2D eigenvalue weighted by Crippen LogP contribution is -2.29. The van der Waals surface area contributed by atoms with Crippen LogP contribution in [0.15, 0.2) is 30.9 Å². The Morgan fingerprint density at radius 2 is 2.09 bits per heavy atom. The number of H-pyrrole nitrogens is 1. The second-order valence-electron chi connectivity index (χ2n) is 5.62. The van der Waals surface area contributed by atoms with Crippen LogP contribution in [-0.4, -0.2) is 47.2 Å². The summed E-state index contributed by atoms with van der Waals surface area (Å²) in [6, 6.07) is 3.36. The lowest BCUT2D eigenvalue weighted by atomic mass is 10.0. The summed E-state index contributed by atoms with van der Waals surface area (Å²) in [7, 11) is 0. The van der Waals surface area contributed by atoms with Crippen molar-refractivity contribution in [3.63, 3.8) is 0 Å². The summed E-state index contributed by atoms with van der Waals surface area (Å²) < 4.78 is 1.86. The molecule has 1 aliphatic carbocycles. The van der Waals surface area contributed by atoms with E-state index >= 15 is 0 Å². The molecule has 0 bridgehead atoms. The number of nitrogen functional groups attached to an aromatic ring is 1. The number of anilines is 1. The number of aliphatic hydroxyl groups excluding tert-OH is 2. The molecular formula is C14H16N6O2. The molecule has 1 aliphatic rings. The van der Waals surface area contributed by atoms with Crippen molar-refractivity contribution in [2.45, 2.75) is 30.6 Å².